The van der Waals surface area contributed by atoms with Crippen LogP contribution in [0.25, 0.3) is 0 Å². The zero-order valence-corrected chi connectivity index (χ0v) is 18.5. The molecule has 2 aliphatic heterocycles. The quantitative estimate of drug-likeness (QED) is 0.696. The van der Waals surface area contributed by atoms with Gasteiger partial charge in [-0.2, -0.15) is 0 Å². The fraction of sp³-hybridized carbons (Fsp3) is 0.833. The maximum absolute atomic E-state index is 13.7. The first kappa shape index (κ1) is 20.8. The summed E-state index contributed by atoms with van der Waals surface area (Å²) in [5.41, 5.74) is 0.875. The van der Waals surface area contributed by atoms with Crippen molar-refractivity contribution in [3.63, 3.8) is 0 Å². The van der Waals surface area contributed by atoms with Gasteiger partial charge < -0.3 is 18.9 Å². The summed E-state index contributed by atoms with van der Waals surface area (Å²) in [4.78, 5) is 26.9. The van der Waals surface area contributed by atoms with Crippen LogP contribution < -0.4 is 0 Å². The van der Waals surface area contributed by atoms with E-state index in [1.54, 1.807) is 0 Å². The topological polar surface area (TPSA) is 71.1 Å². The van der Waals surface area contributed by atoms with Crippen molar-refractivity contribution in [3.8, 4) is 0 Å². The molecule has 1 saturated carbocycles. The molecule has 5 rings (SSSR count). The minimum atomic E-state index is -0.758. The van der Waals surface area contributed by atoms with Crippen LogP contribution in [0.15, 0.2) is 11.1 Å². The van der Waals surface area contributed by atoms with Gasteiger partial charge in [0.05, 0.1) is 31.8 Å². The van der Waals surface area contributed by atoms with E-state index in [-0.39, 0.29) is 22.9 Å². The van der Waals surface area contributed by atoms with Gasteiger partial charge in [0.1, 0.15) is 5.78 Å². The van der Waals surface area contributed by atoms with Gasteiger partial charge in [-0.3, -0.25) is 9.59 Å². The Morgan fingerprint density at radius 2 is 1.57 bits per heavy atom. The summed E-state index contributed by atoms with van der Waals surface area (Å²) in [5.74, 6) is -0.787. The predicted octanol–water partition coefficient (Wildman–Crippen LogP) is 3.72. The molecule has 3 aliphatic carbocycles. The minimum Gasteiger partial charge on any atom is -0.348 e. The highest BCUT2D eigenvalue weighted by Gasteiger charge is 2.64. The molecule has 6 nitrogen and oxygen atoms in total. The monoisotopic (exact) mass is 418 g/mol. The van der Waals surface area contributed by atoms with Gasteiger partial charge in [-0.25, -0.2) is 0 Å². The highest BCUT2D eigenvalue weighted by atomic mass is 16.7. The molecule has 1 spiro atoms. The fourth-order valence-corrected chi connectivity index (χ4v) is 7.00. The van der Waals surface area contributed by atoms with E-state index in [2.05, 4.69) is 6.92 Å². The van der Waals surface area contributed by atoms with Crippen molar-refractivity contribution in [2.75, 3.05) is 26.4 Å². The Morgan fingerprint density at radius 1 is 0.900 bits per heavy atom. The van der Waals surface area contributed by atoms with Gasteiger partial charge in [0, 0.05) is 36.7 Å². The Labute approximate surface area is 178 Å². The highest BCUT2D eigenvalue weighted by Crippen LogP contribution is 2.62. The van der Waals surface area contributed by atoms with Crippen molar-refractivity contribution < 1.29 is 28.5 Å². The van der Waals surface area contributed by atoms with Gasteiger partial charge in [0.15, 0.2) is 17.4 Å². The van der Waals surface area contributed by atoms with Crippen LogP contribution in [0.1, 0.15) is 72.1 Å². The maximum Gasteiger partial charge on any atom is 0.174 e. The van der Waals surface area contributed by atoms with E-state index in [0.717, 1.165) is 24.8 Å². The van der Waals surface area contributed by atoms with E-state index in [9.17, 15) is 9.59 Å². The Bertz CT molecular complexity index is 788. The summed E-state index contributed by atoms with van der Waals surface area (Å²) >= 11 is 0. The Morgan fingerprint density at radius 3 is 2.27 bits per heavy atom. The van der Waals surface area contributed by atoms with Crippen LogP contribution in [0.2, 0.25) is 0 Å². The molecule has 6 heteroatoms. The van der Waals surface area contributed by atoms with Crippen LogP contribution in [0.5, 0.6) is 0 Å². The molecule has 0 aromatic rings. The van der Waals surface area contributed by atoms with E-state index in [4.69, 9.17) is 18.9 Å². The molecular weight excluding hydrogens is 384 g/mol. The number of fused-ring (bicyclic) bond motifs is 3. The molecule has 0 radical (unpaired) electrons. The molecule has 3 atom stereocenters. The second kappa shape index (κ2) is 6.96. The molecule has 3 fully saturated rings. The lowest BCUT2D eigenvalue weighted by Gasteiger charge is -2.57. The first-order valence-corrected chi connectivity index (χ1v) is 11.6. The molecule has 0 unspecified atom stereocenters. The summed E-state index contributed by atoms with van der Waals surface area (Å²) in [6.07, 6.45) is 5.67. The molecule has 5 aliphatic rings. The van der Waals surface area contributed by atoms with Gasteiger partial charge in [-0.15, -0.1) is 0 Å². The van der Waals surface area contributed by atoms with Gasteiger partial charge in [0.2, 0.25) is 0 Å². The van der Waals surface area contributed by atoms with Gasteiger partial charge in [0.25, 0.3) is 0 Å². The Balaban J connectivity index is 1.52. The van der Waals surface area contributed by atoms with Crippen LogP contribution in [-0.2, 0) is 28.5 Å². The molecule has 0 N–H and O–H groups in total. The molecule has 0 amide bonds. The summed E-state index contributed by atoms with van der Waals surface area (Å²) in [6.45, 7) is 8.44. The molecule has 0 bridgehead atoms. The summed E-state index contributed by atoms with van der Waals surface area (Å²) < 4.78 is 23.9. The van der Waals surface area contributed by atoms with E-state index < -0.39 is 17.0 Å². The highest BCUT2D eigenvalue weighted by molar-refractivity contribution is 6.07. The zero-order valence-electron chi connectivity index (χ0n) is 18.5. The van der Waals surface area contributed by atoms with Gasteiger partial charge in [-0.05, 0) is 45.4 Å². The second-order valence-electron chi connectivity index (χ2n) is 10.4. The summed E-state index contributed by atoms with van der Waals surface area (Å²) in [6, 6.07) is 0. The first-order chi connectivity index (χ1) is 14.2. The number of rotatable bonds is 3. The third-order valence-corrected chi connectivity index (χ3v) is 8.71. The lowest BCUT2D eigenvalue weighted by Crippen LogP contribution is -2.59. The Kier molecular flexibility index (Phi) is 4.83. The normalized spacial score (nSPS) is 40.0. The van der Waals surface area contributed by atoms with Crippen molar-refractivity contribution in [3.05, 3.63) is 11.1 Å². The van der Waals surface area contributed by atoms with Gasteiger partial charge in [-0.1, -0.05) is 12.5 Å². The van der Waals surface area contributed by atoms with Crippen molar-refractivity contribution in [1.29, 1.82) is 0 Å². The number of ether oxygens (including phenoxy) is 4. The van der Waals surface area contributed by atoms with E-state index in [0.29, 0.717) is 58.5 Å². The van der Waals surface area contributed by atoms with E-state index >= 15 is 0 Å². The average Bonchev–Trinajstić information content (AvgIpc) is 3.35. The standard InChI is InChI=1S/C24H34O6/c1-21(9-10-23(3)27-11-12-28-23)19(26)7-6-16-17-5-4-8-24(29-13-14-30-24)22(17,2)15-18(25)20(16)21/h17H,4-15H2,1-3H3/t17-,21+,22-/m0/s1. The summed E-state index contributed by atoms with van der Waals surface area (Å²) in [7, 11) is 0. The number of carbonyl (C=O) groups excluding carboxylic acids is 2. The number of allylic oxidation sites excluding steroid dienone is 2. The lowest BCUT2D eigenvalue weighted by molar-refractivity contribution is -0.265. The lowest BCUT2D eigenvalue weighted by atomic mass is 9.50. The van der Waals surface area contributed by atoms with Gasteiger partial charge >= 0.3 is 0 Å². The number of hydrogen-bond donors (Lipinski definition) is 0. The number of ketones is 2. The van der Waals surface area contributed by atoms with E-state index in [1.807, 2.05) is 13.8 Å². The predicted molar refractivity (Wildman–Crippen MR) is 109 cm³/mol. The first-order valence-electron chi connectivity index (χ1n) is 11.6. The zero-order chi connectivity index (χ0) is 21.2. The molecule has 2 heterocycles. The van der Waals surface area contributed by atoms with Crippen molar-refractivity contribution >= 4 is 11.6 Å². The Hall–Kier alpha value is -1.08. The second-order valence-corrected chi connectivity index (χ2v) is 10.4. The molecular formula is C24H34O6. The van der Waals surface area contributed by atoms with Crippen molar-refractivity contribution in [1.82, 2.24) is 0 Å². The number of Topliss-reactive ketones (excluding diaryl/α,β-unsaturated/α-hetero) is 2. The summed E-state index contributed by atoms with van der Waals surface area (Å²) in [5, 5.41) is 0. The average molecular weight is 419 g/mol. The van der Waals surface area contributed by atoms with E-state index in [1.165, 1.54) is 5.57 Å². The van der Waals surface area contributed by atoms with Crippen molar-refractivity contribution in [2.24, 2.45) is 16.7 Å². The van der Waals surface area contributed by atoms with Crippen LogP contribution >= 0.6 is 0 Å². The fourth-order valence-electron chi connectivity index (χ4n) is 7.00. The molecule has 0 aromatic carbocycles. The largest absolute Gasteiger partial charge is 0.348 e. The SMILES string of the molecule is CC1(CC[C@]2(C)C(=O)CCC3=C2C(=O)C[C@@]2(C)[C@H]3CCCC23OCCO3)OCCO1. The smallest absolute Gasteiger partial charge is 0.174 e. The van der Waals surface area contributed by atoms with Crippen LogP contribution in [0.3, 0.4) is 0 Å². The van der Waals surface area contributed by atoms with Crippen molar-refractivity contribution in [2.45, 2.75) is 83.7 Å². The molecule has 0 aromatic heterocycles. The van der Waals surface area contributed by atoms with Crippen LogP contribution in [-0.4, -0.2) is 49.6 Å². The van der Waals surface area contributed by atoms with Crippen LogP contribution in [0.4, 0.5) is 0 Å². The maximum atomic E-state index is 13.7. The molecule has 30 heavy (non-hydrogen) atoms. The third kappa shape index (κ3) is 2.83. The number of hydrogen-bond acceptors (Lipinski definition) is 6. The molecule has 166 valence electrons. The molecule has 2 saturated heterocycles. The number of carbonyl (C=O) groups is 2. The minimum absolute atomic E-state index is 0.109. The van der Waals surface area contributed by atoms with Crippen LogP contribution in [0, 0.1) is 16.7 Å². The third-order valence-electron chi connectivity index (χ3n) is 8.71.